The van der Waals surface area contributed by atoms with Gasteiger partial charge in [-0.25, -0.2) is 8.42 Å². The molecule has 0 bridgehead atoms. The van der Waals surface area contributed by atoms with Crippen LogP contribution in [0.2, 0.25) is 0 Å². The number of methoxy groups -OCH3 is 2. The molecule has 3 rings (SSSR count). The second kappa shape index (κ2) is 7.62. The van der Waals surface area contributed by atoms with E-state index in [0.717, 1.165) is 23.0 Å². The number of hydrogen-bond donors (Lipinski definition) is 1. The molecule has 0 aliphatic carbocycles. The molecule has 3 aromatic rings. The fourth-order valence-electron chi connectivity index (χ4n) is 3.13. The summed E-state index contributed by atoms with van der Waals surface area (Å²) >= 11 is 0. The van der Waals surface area contributed by atoms with E-state index in [4.69, 9.17) is 9.47 Å². The molecule has 0 saturated heterocycles. The highest BCUT2D eigenvalue weighted by atomic mass is 32.2. The number of aromatic nitrogens is 1. The summed E-state index contributed by atoms with van der Waals surface area (Å²) in [6.45, 7) is 4.95. The van der Waals surface area contributed by atoms with Gasteiger partial charge >= 0.3 is 0 Å². The Labute approximate surface area is 159 Å². The third-order valence-electron chi connectivity index (χ3n) is 4.54. The van der Waals surface area contributed by atoms with Crippen molar-refractivity contribution in [3.8, 4) is 5.75 Å². The summed E-state index contributed by atoms with van der Waals surface area (Å²) in [7, 11) is -0.460. The number of rotatable bonds is 7. The van der Waals surface area contributed by atoms with Crippen molar-refractivity contribution >= 4 is 26.6 Å². The van der Waals surface area contributed by atoms with Gasteiger partial charge in [0.15, 0.2) is 0 Å². The van der Waals surface area contributed by atoms with E-state index in [-0.39, 0.29) is 4.90 Å². The zero-order valence-corrected chi connectivity index (χ0v) is 16.8. The highest BCUT2D eigenvalue weighted by Crippen LogP contribution is 2.28. The van der Waals surface area contributed by atoms with Crippen molar-refractivity contribution in [3.63, 3.8) is 0 Å². The summed E-state index contributed by atoms with van der Waals surface area (Å²) in [6, 6.07) is 10.9. The van der Waals surface area contributed by atoms with Crippen LogP contribution in [0.15, 0.2) is 47.5 Å². The monoisotopic (exact) mass is 388 g/mol. The molecule has 7 heteroatoms. The molecule has 0 atom stereocenters. The molecule has 2 aromatic carbocycles. The normalized spacial score (nSPS) is 11.7. The number of nitrogens with zero attached hydrogens (tertiary/aromatic N) is 1. The molecule has 27 heavy (non-hydrogen) atoms. The number of sulfonamides is 1. The maximum Gasteiger partial charge on any atom is 0.262 e. The maximum absolute atomic E-state index is 12.9. The van der Waals surface area contributed by atoms with Crippen LogP contribution in [0, 0.1) is 13.8 Å². The molecule has 0 aliphatic rings. The predicted molar refractivity (Wildman–Crippen MR) is 107 cm³/mol. The Kier molecular flexibility index (Phi) is 5.43. The predicted octanol–water partition coefficient (Wildman–Crippen LogP) is 3.71. The average molecular weight is 388 g/mol. The SMILES string of the molecule is COCCn1ccc2cc(NS(=O)(=O)c3cc(C)c(OC)cc3C)ccc21. The number of fused-ring (bicyclic) bond motifs is 1. The summed E-state index contributed by atoms with van der Waals surface area (Å²) in [5.74, 6) is 0.672. The van der Waals surface area contributed by atoms with E-state index in [0.29, 0.717) is 23.6 Å². The lowest BCUT2D eigenvalue weighted by atomic mass is 10.1. The molecule has 0 aliphatic heterocycles. The van der Waals surface area contributed by atoms with Crippen LogP contribution >= 0.6 is 0 Å². The molecule has 144 valence electrons. The number of anilines is 1. The van der Waals surface area contributed by atoms with Crippen LogP contribution in [0.5, 0.6) is 5.75 Å². The zero-order chi connectivity index (χ0) is 19.6. The summed E-state index contributed by atoms with van der Waals surface area (Å²) in [6.07, 6.45) is 1.97. The Hall–Kier alpha value is -2.51. The number of ether oxygens (including phenoxy) is 2. The van der Waals surface area contributed by atoms with Gasteiger partial charge in [-0.05, 0) is 61.4 Å². The molecule has 0 spiro atoms. The second-order valence-electron chi connectivity index (χ2n) is 6.47. The van der Waals surface area contributed by atoms with E-state index < -0.39 is 10.0 Å². The van der Waals surface area contributed by atoms with Crippen LogP contribution in [0.3, 0.4) is 0 Å². The van der Waals surface area contributed by atoms with Crippen LogP contribution in [-0.2, 0) is 21.3 Å². The summed E-state index contributed by atoms with van der Waals surface area (Å²) < 4.78 is 40.9. The first-order valence-electron chi connectivity index (χ1n) is 8.61. The van der Waals surface area contributed by atoms with Crippen LogP contribution in [0.25, 0.3) is 10.9 Å². The molecular weight excluding hydrogens is 364 g/mol. The summed E-state index contributed by atoms with van der Waals surface area (Å²) in [5.41, 5.74) is 2.97. The molecule has 0 unspecified atom stereocenters. The lowest BCUT2D eigenvalue weighted by Gasteiger charge is -2.14. The van der Waals surface area contributed by atoms with Gasteiger partial charge in [-0.1, -0.05) is 0 Å². The standard InChI is InChI=1S/C20H24N2O4S/c1-14-12-20(15(2)11-19(14)26-4)27(23,24)21-17-5-6-18-16(13-17)7-8-22(18)9-10-25-3/h5-8,11-13,21H,9-10H2,1-4H3. The van der Waals surface area contributed by atoms with Crippen molar-refractivity contribution in [1.29, 1.82) is 0 Å². The van der Waals surface area contributed by atoms with E-state index in [2.05, 4.69) is 9.29 Å². The van der Waals surface area contributed by atoms with Gasteiger partial charge in [0, 0.05) is 36.4 Å². The van der Waals surface area contributed by atoms with Crippen LogP contribution in [-0.4, -0.2) is 33.8 Å². The van der Waals surface area contributed by atoms with Crippen molar-refractivity contribution in [2.45, 2.75) is 25.3 Å². The third-order valence-corrected chi connectivity index (χ3v) is 6.06. The zero-order valence-electron chi connectivity index (χ0n) is 15.9. The maximum atomic E-state index is 12.9. The highest BCUT2D eigenvalue weighted by Gasteiger charge is 2.19. The van der Waals surface area contributed by atoms with Gasteiger partial charge in [0.1, 0.15) is 5.75 Å². The van der Waals surface area contributed by atoms with E-state index in [1.54, 1.807) is 39.3 Å². The lowest BCUT2D eigenvalue weighted by Crippen LogP contribution is -2.14. The van der Waals surface area contributed by atoms with Gasteiger partial charge in [-0.15, -0.1) is 0 Å². The van der Waals surface area contributed by atoms with Crippen LogP contribution in [0.4, 0.5) is 5.69 Å². The summed E-state index contributed by atoms with van der Waals surface area (Å²) in [5, 5.41) is 0.967. The van der Waals surface area contributed by atoms with Gasteiger partial charge < -0.3 is 14.0 Å². The Morgan fingerprint density at radius 3 is 2.52 bits per heavy atom. The smallest absolute Gasteiger partial charge is 0.262 e. The number of nitrogens with one attached hydrogen (secondary N) is 1. The van der Waals surface area contributed by atoms with Crippen molar-refractivity contribution < 1.29 is 17.9 Å². The second-order valence-corrected chi connectivity index (χ2v) is 8.12. The molecule has 6 nitrogen and oxygen atoms in total. The number of aryl methyl sites for hydroxylation is 2. The molecule has 0 saturated carbocycles. The van der Waals surface area contributed by atoms with Gasteiger partial charge in [0.25, 0.3) is 10.0 Å². The first kappa shape index (κ1) is 19.3. The summed E-state index contributed by atoms with van der Waals surface area (Å²) in [4.78, 5) is 0.249. The van der Waals surface area contributed by atoms with Crippen LogP contribution in [0.1, 0.15) is 11.1 Å². The van der Waals surface area contributed by atoms with Crippen molar-refractivity contribution in [3.05, 3.63) is 53.7 Å². The van der Waals surface area contributed by atoms with E-state index in [9.17, 15) is 8.42 Å². The Morgan fingerprint density at radius 2 is 1.81 bits per heavy atom. The fourth-order valence-corrected chi connectivity index (χ4v) is 4.49. The first-order chi connectivity index (χ1) is 12.9. The van der Waals surface area contributed by atoms with Gasteiger partial charge in [0.2, 0.25) is 0 Å². The van der Waals surface area contributed by atoms with Gasteiger partial charge in [-0.3, -0.25) is 4.72 Å². The van der Waals surface area contributed by atoms with Crippen molar-refractivity contribution in [2.75, 3.05) is 25.5 Å². The molecular formula is C20H24N2O4S. The van der Waals surface area contributed by atoms with Crippen LogP contribution < -0.4 is 9.46 Å². The molecule has 0 fully saturated rings. The van der Waals surface area contributed by atoms with Crippen molar-refractivity contribution in [2.24, 2.45) is 0 Å². The quantitative estimate of drug-likeness (QED) is 0.670. The van der Waals surface area contributed by atoms with E-state index in [1.165, 1.54) is 0 Å². The minimum absolute atomic E-state index is 0.249. The Morgan fingerprint density at radius 1 is 1.04 bits per heavy atom. The Bertz CT molecular complexity index is 1070. The molecule has 1 N–H and O–H groups in total. The van der Waals surface area contributed by atoms with E-state index in [1.807, 2.05) is 31.3 Å². The third kappa shape index (κ3) is 3.94. The minimum atomic E-state index is -3.70. The molecule has 1 heterocycles. The minimum Gasteiger partial charge on any atom is -0.496 e. The molecule has 0 radical (unpaired) electrons. The topological polar surface area (TPSA) is 69.6 Å². The van der Waals surface area contributed by atoms with E-state index >= 15 is 0 Å². The number of hydrogen-bond acceptors (Lipinski definition) is 4. The number of benzene rings is 2. The highest BCUT2D eigenvalue weighted by molar-refractivity contribution is 7.92. The van der Waals surface area contributed by atoms with Gasteiger partial charge in [-0.2, -0.15) is 0 Å². The molecule has 1 aromatic heterocycles. The fraction of sp³-hybridized carbons (Fsp3) is 0.300. The molecule has 0 amide bonds. The lowest BCUT2D eigenvalue weighted by molar-refractivity contribution is 0.188. The average Bonchev–Trinajstić information content (AvgIpc) is 3.03. The van der Waals surface area contributed by atoms with Gasteiger partial charge in [0.05, 0.1) is 18.6 Å². The van der Waals surface area contributed by atoms with Crippen molar-refractivity contribution in [1.82, 2.24) is 4.57 Å². The Balaban J connectivity index is 1.91. The largest absolute Gasteiger partial charge is 0.496 e. The first-order valence-corrected chi connectivity index (χ1v) is 10.1.